The lowest BCUT2D eigenvalue weighted by Crippen LogP contribution is -2.36. The molecule has 1 atom stereocenters. The minimum Gasteiger partial charge on any atom is -0.487 e. The van der Waals surface area contributed by atoms with E-state index in [1.165, 1.54) is 17.3 Å². The van der Waals surface area contributed by atoms with Crippen molar-refractivity contribution in [2.45, 2.75) is 26.0 Å². The van der Waals surface area contributed by atoms with Gasteiger partial charge in [0.05, 0.1) is 12.2 Å². The second-order valence-electron chi connectivity index (χ2n) is 6.36. The minimum atomic E-state index is -0.115. The Hall–Kier alpha value is -3.22. The quantitative estimate of drug-likeness (QED) is 0.759. The molecule has 1 N–H and O–H groups in total. The average molecular weight is 349 g/mol. The van der Waals surface area contributed by atoms with E-state index in [2.05, 4.69) is 26.4 Å². The smallest absolute Gasteiger partial charge is 0.241 e. The van der Waals surface area contributed by atoms with Crippen molar-refractivity contribution in [1.29, 1.82) is 0 Å². The fraction of sp³-hybridized carbons (Fsp3) is 0.263. The summed E-state index contributed by atoms with van der Waals surface area (Å²) in [4.78, 5) is 20.3. The topological polar surface area (TPSA) is 81.9 Å². The summed E-state index contributed by atoms with van der Waals surface area (Å²) in [7, 11) is 0. The predicted molar refractivity (Wildman–Crippen MR) is 95.6 cm³/mol. The zero-order valence-electron chi connectivity index (χ0n) is 14.4. The van der Waals surface area contributed by atoms with Crippen LogP contribution in [-0.2, 0) is 17.8 Å². The third-order valence-corrected chi connectivity index (χ3v) is 4.32. The highest BCUT2D eigenvalue weighted by atomic mass is 16.5. The van der Waals surface area contributed by atoms with E-state index in [4.69, 9.17) is 4.74 Å². The summed E-state index contributed by atoms with van der Waals surface area (Å²) in [6.07, 6.45) is 5.45. The molecule has 0 radical (unpaired) electrons. The largest absolute Gasteiger partial charge is 0.487 e. The summed E-state index contributed by atoms with van der Waals surface area (Å²) in [5.41, 5.74) is 4.14. The van der Waals surface area contributed by atoms with Crippen LogP contribution < -0.4 is 10.1 Å². The molecule has 0 unspecified atom stereocenters. The Balaban J connectivity index is 1.42. The molecule has 132 valence electrons. The molecule has 7 heteroatoms. The molecule has 0 saturated heterocycles. The van der Waals surface area contributed by atoms with Crippen molar-refractivity contribution in [3.63, 3.8) is 0 Å². The van der Waals surface area contributed by atoms with Gasteiger partial charge in [-0.05, 0) is 30.2 Å². The maximum atomic E-state index is 12.0. The van der Waals surface area contributed by atoms with Crippen LogP contribution in [-0.4, -0.2) is 38.3 Å². The number of fused-ring (bicyclic) bond motifs is 1. The highest BCUT2D eigenvalue weighted by Crippen LogP contribution is 2.37. The first-order valence-electron chi connectivity index (χ1n) is 8.50. The number of hydrogen-bond donors (Lipinski definition) is 1. The normalized spacial score (nSPS) is 15.3. The van der Waals surface area contributed by atoms with Crippen molar-refractivity contribution in [3.05, 3.63) is 60.3 Å². The summed E-state index contributed by atoms with van der Waals surface area (Å²) >= 11 is 0. The van der Waals surface area contributed by atoms with E-state index in [1.807, 2.05) is 37.4 Å². The Labute approximate surface area is 151 Å². The molecule has 1 aromatic carbocycles. The third kappa shape index (κ3) is 3.42. The van der Waals surface area contributed by atoms with E-state index in [9.17, 15) is 4.79 Å². The molecule has 26 heavy (non-hydrogen) atoms. The highest BCUT2D eigenvalue weighted by Gasteiger charge is 2.26. The van der Waals surface area contributed by atoms with Crippen molar-refractivity contribution in [2.75, 3.05) is 6.54 Å². The molecule has 2 aromatic heterocycles. The Bertz CT molecular complexity index is 906. The molecule has 1 amide bonds. The van der Waals surface area contributed by atoms with Crippen LogP contribution in [0.1, 0.15) is 11.1 Å². The van der Waals surface area contributed by atoms with Crippen LogP contribution in [0.4, 0.5) is 0 Å². The van der Waals surface area contributed by atoms with Crippen molar-refractivity contribution < 1.29 is 9.53 Å². The molecule has 1 aliphatic rings. The van der Waals surface area contributed by atoms with E-state index in [-0.39, 0.29) is 18.6 Å². The van der Waals surface area contributed by atoms with Crippen molar-refractivity contribution >= 4 is 5.91 Å². The van der Waals surface area contributed by atoms with Gasteiger partial charge in [0, 0.05) is 18.2 Å². The summed E-state index contributed by atoms with van der Waals surface area (Å²) in [6.45, 7) is 2.61. The van der Waals surface area contributed by atoms with Crippen LogP contribution in [0.3, 0.4) is 0 Å². The molecule has 4 rings (SSSR count). The van der Waals surface area contributed by atoms with Gasteiger partial charge in [0.1, 0.15) is 31.1 Å². The Morgan fingerprint density at radius 1 is 1.35 bits per heavy atom. The molecule has 0 saturated carbocycles. The van der Waals surface area contributed by atoms with Gasteiger partial charge in [-0.3, -0.25) is 9.78 Å². The standard InChI is InChI=1S/C19H19N5O2/c1-13-5-6-17(21-8-13)16-4-2-3-14-7-15(26-19(14)16)9-22-18(25)10-24-12-20-11-23-24/h2-6,8,11-12,15H,7,9-10H2,1H3,(H,22,25)/t15-/m1/s1. The Morgan fingerprint density at radius 3 is 3.04 bits per heavy atom. The lowest BCUT2D eigenvalue weighted by molar-refractivity contribution is -0.122. The van der Waals surface area contributed by atoms with Gasteiger partial charge < -0.3 is 10.1 Å². The molecular weight excluding hydrogens is 330 g/mol. The van der Waals surface area contributed by atoms with Gasteiger partial charge in [-0.25, -0.2) is 9.67 Å². The van der Waals surface area contributed by atoms with E-state index in [1.54, 1.807) is 0 Å². The number of para-hydroxylation sites is 1. The lowest BCUT2D eigenvalue weighted by Gasteiger charge is -2.13. The van der Waals surface area contributed by atoms with Gasteiger partial charge in [-0.15, -0.1) is 0 Å². The fourth-order valence-corrected chi connectivity index (χ4v) is 3.03. The molecule has 0 fully saturated rings. The maximum Gasteiger partial charge on any atom is 0.241 e. The van der Waals surface area contributed by atoms with E-state index in [0.717, 1.165) is 34.6 Å². The number of nitrogens with one attached hydrogen (secondary N) is 1. The average Bonchev–Trinajstić information content (AvgIpc) is 3.29. The second-order valence-corrected chi connectivity index (χ2v) is 6.36. The fourth-order valence-electron chi connectivity index (χ4n) is 3.03. The van der Waals surface area contributed by atoms with Gasteiger partial charge in [0.2, 0.25) is 5.91 Å². The summed E-state index contributed by atoms with van der Waals surface area (Å²) < 4.78 is 7.61. The number of ether oxygens (including phenoxy) is 1. The number of carbonyl (C=O) groups excluding carboxylic acids is 1. The molecule has 0 aliphatic carbocycles. The number of amides is 1. The number of aryl methyl sites for hydroxylation is 1. The van der Waals surface area contributed by atoms with Gasteiger partial charge >= 0.3 is 0 Å². The van der Waals surface area contributed by atoms with E-state index >= 15 is 0 Å². The zero-order valence-corrected chi connectivity index (χ0v) is 14.4. The number of aromatic nitrogens is 4. The number of pyridine rings is 1. The molecule has 0 bridgehead atoms. The Morgan fingerprint density at radius 2 is 2.27 bits per heavy atom. The van der Waals surface area contributed by atoms with Crippen LogP contribution >= 0.6 is 0 Å². The van der Waals surface area contributed by atoms with E-state index in [0.29, 0.717) is 6.54 Å². The summed E-state index contributed by atoms with van der Waals surface area (Å²) in [5.74, 6) is 0.745. The van der Waals surface area contributed by atoms with Gasteiger partial charge in [-0.1, -0.05) is 18.2 Å². The van der Waals surface area contributed by atoms with E-state index < -0.39 is 0 Å². The number of benzene rings is 1. The molecule has 7 nitrogen and oxygen atoms in total. The minimum absolute atomic E-state index is 0.0868. The first-order chi connectivity index (χ1) is 12.7. The molecule has 0 spiro atoms. The zero-order chi connectivity index (χ0) is 17.9. The molecule has 1 aliphatic heterocycles. The molecule has 3 aromatic rings. The summed E-state index contributed by atoms with van der Waals surface area (Å²) in [6, 6.07) is 10.1. The SMILES string of the molecule is Cc1ccc(-c2cccc3c2O[C@@H](CNC(=O)Cn2cncn2)C3)nc1. The lowest BCUT2D eigenvalue weighted by atomic mass is 10.0. The third-order valence-electron chi connectivity index (χ3n) is 4.32. The second kappa shape index (κ2) is 6.95. The van der Waals surface area contributed by atoms with Crippen molar-refractivity contribution in [3.8, 4) is 17.0 Å². The molecular formula is C19H19N5O2. The van der Waals surface area contributed by atoms with Crippen LogP contribution in [0.15, 0.2) is 49.2 Å². The summed E-state index contributed by atoms with van der Waals surface area (Å²) in [5, 5.41) is 6.82. The first kappa shape index (κ1) is 16.3. The van der Waals surface area contributed by atoms with Gasteiger partial charge in [-0.2, -0.15) is 5.10 Å². The van der Waals surface area contributed by atoms with Crippen LogP contribution in [0.2, 0.25) is 0 Å². The number of rotatable bonds is 5. The predicted octanol–water partition coefficient (Wildman–Crippen LogP) is 1.77. The maximum absolute atomic E-state index is 12.0. The van der Waals surface area contributed by atoms with Crippen molar-refractivity contribution in [2.24, 2.45) is 0 Å². The number of carbonyl (C=O) groups is 1. The highest BCUT2D eigenvalue weighted by molar-refractivity contribution is 5.75. The molecule has 3 heterocycles. The van der Waals surface area contributed by atoms with Crippen LogP contribution in [0.25, 0.3) is 11.3 Å². The number of nitrogens with zero attached hydrogens (tertiary/aromatic N) is 4. The van der Waals surface area contributed by atoms with Gasteiger partial charge in [0.15, 0.2) is 0 Å². The monoisotopic (exact) mass is 349 g/mol. The first-order valence-corrected chi connectivity index (χ1v) is 8.50. The number of hydrogen-bond acceptors (Lipinski definition) is 5. The Kier molecular flexibility index (Phi) is 4.35. The van der Waals surface area contributed by atoms with Crippen molar-refractivity contribution in [1.82, 2.24) is 25.1 Å². The van der Waals surface area contributed by atoms with Gasteiger partial charge in [0.25, 0.3) is 0 Å². The van der Waals surface area contributed by atoms with Crippen LogP contribution in [0.5, 0.6) is 5.75 Å². The van der Waals surface area contributed by atoms with Crippen LogP contribution in [0, 0.1) is 6.92 Å².